The summed E-state index contributed by atoms with van der Waals surface area (Å²) < 4.78 is 38.3. The molecule has 0 aliphatic rings. The standard InChI is InChI=1S/C10H10F3NO2/c11-10(12,13)16-9(15)8(14)6-7-4-2-1-3-5-7/h1-5,8H,6,14H2/t8-/m0/s1. The average molecular weight is 233 g/mol. The number of carbonyl (C=O) groups excluding carboxylic acids is 1. The summed E-state index contributed by atoms with van der Waals surface area (Å²) in [5.74, 6) is -1.48. The van der Waals surface area contributed by atoms with Crippen molar-refractivity contribution >= 4 is 5.97 Å². The molecule has 88 valence electrons. The largest absolute Gasteiger partial charge is 0.575 e. The summed E-state index contributed by atoms with van der Waals surface area (Å²) >= 11 is 0. The average Bonchev–Trinajstić information content (AvgIpc) is 2.16. The van der Waals surface area contributed by atoms with Crippen LogP contribution < -0.4 is 5.73 Å². The summed E-state index contributed by atoms with van der Waals surface area (Å²) in [5.41, 5.74) is 5.96. The molecular formula is C10H10F3NO2. The zero-order valence-corrected chi connectivity index (χ0v) is 8.20. The highest BCUT2D eigenvalue weighted by atomic mass is 19.4. The summed E-state index contributed by atoms with van der Waals surface area (Å²) in [5, 5.41) is 0. The topological polar surface area (TPSA) is 52.3 Å². The Hall–Kier alpha value is -1.56. The van der Waals surface area contributed by atoms with Crippen molar-refractivity contribution in [1.29, 1.82) is 0 Å². The van der Waals surface area contributed by atoms with Crippen LogP contribution >= 0.6 is 0 Å². The highest BCUT2D eigenvalue weighted by molar-refractivity contribution is 5.76. The molecule has 0 aliphatic heterocycles. The molecule has 1 aromatic rings. The first-order valence-electron chi connectivity index (χ1n) is 4.47. The minimum atomic E-state index is -4.98. The minimum absolute atomic E-state index is 0.00968. The first-order chi connectivity index (χ1) is 7.38. The van der Waals surface area contributed by atoms with E-state index in [1.807, 2.05) is 0 Å². The maximum atomic E-state index is 11.7. The van der Waals surface area contributed by atoms with Gasteiger partial charge in [0.05, 0.1) is 0 Å². The van der Waals surface area contributed by atoms with E-state index in [0.717, 1.165) is 0 Å². The molecule has 0 spiro atoms. The van der Waals surface area contributed by atoms with Gasteiger partial charge in [-0.15, -0.1) is 13.2 Å². The van der Waals surface area contributed by atoms with Crippen LogP contribution in [0.15, 0.2) is 30.3 Å². The molecule has 2 N–H and O–H groups in total. The summed E-state index contributed by atoms with van der Waals surface area (Å²) in [6.45, 7) is 0. The molecule has 3 nitrogen and oxygen atoms in total. The van der Waals surface area contributed by atoms with E-state index in [2.05, 4.69) is 4.74 Å². The SMILES string of the molecule is N[C@@H](Cc1ccccc1)C(=O)OC(F)(F)F. The molecule has 0 amide bonds. The molecule has 0 bridgehead atoms. The number of benzene rings is 1. The second-order valence-corrected chi connectivity index (χ2v) is 3.16. The molecule has 0 aromatic heterocycles. The van der Waals surface area contributed by atoms with E-state index in [0.29, 0.717) is 5.56 Å². The molecular weight excluding hydrogens is 223 g/mol. The molecule has 0 saturated carbocycles. The van der Waals surface area contributed by atoms with Crippen molar-refractivity contribution in [3.63, 3.8) is 0 Å². The number of nitrogens with two attached hydrogens (primary N) is 1. The number of alkyl halides is 3. The summed E-state index contributed by atoms with van der Waals surface area (Å²) in [4.78, 5) is 10.9. The van der Waals surface area contributed by atoms with Crippen molar-refractivity contribution in [2.24, 2.45) is 5.73 Å². The van der Waals surface area contributed by atoms with E-state index in [9.17, 15) is 18.0 Å². The molecule has 1 rings (SSSR count). The van der Waals surface area contributed by atoms with Crippen LogP contribution in [0.25, 0.3) is 0 Å². The number of halogens is 3. The third kappa shape index (κ3) is 4.31. The predicted molar refractivity (Wildman–Crippen MR) is 50.3 cm³/mol. The zero-order valence-electron chi connectivity index (χ0n) is 8.20. The monoisotopic (exact) mass is 233 g/mol. The first-order valence-corrected chi connectivity index (χ1v) is 4.47. The number of ether oxygens (including phenoxy) is 1. The first kappa shape index (κ1) is 12.5. The number of rotatable bonds is 3. The third-order valence-corrected chi connectivity index (χ3v) is 1.82. The predicted octanol–water partition coefficient (Wildman–Crippen LogP) is 1.62. The zero-order chi connectivity index (χ0) is 12.2. The van der Waals surface area contributed by atoms with Crippen molar-refractivity contribution in [3.05, 3.63) is 35.9 Å². The van der Waals surface area contributed by atoms with Gasteiger partial charge >= 0.3 is 12.3 Å². The van der Waals surface area contributed by atoms with Gasteiger partial charge in [0.1, 0.15) is 6.04 Å². The fourth-order valence-electron chi connectivity index (χ4n) is 1.14. The number of hydrogen-bond donors (Lipinski definition) is 1. The lowest BCUT2D eigenvalue weighted by Crippen LogP contribution is -2.37. The molecule has 16 heavy (non-hydrogen) atoms. The molecule has 0 fully saturated rings. The quantitative estimate of drug-likeness (QED) is 0.807. The van der Waals surface area contributed by atoms with E-state index in [1.165, 1.54) is 0 Å². The lowest BCUT2D eigenvalue weighted by atomic mass is 10.1. The minimum Gasteiger partial charge on any atom is -0.372 e. The molecule has 0 unspecified atom stereocenters. The van der Waals surface area contributed by atoms with Crippen molar-refractivity contribution in [3.8, 4) is 0 Å². The van der Waals surface area contributed by atoms with E-state index >= 15 is 0 Å². The normalized spacial score (nSPS) is 13.2. The highest BCUT2D eigenvalue weighted by Crippen LogP contribution is 2.17. The number of esters is 1. The van der Waals surface area contributed by atoms with E-state index in [4.69, 9.17) is 5.73 Å². The van der Waals surface area contributed by atoms with Gasteiger partial charge in [-0.3, -0.25) is 4.79 Å². The van der Waals surface area contributed by atoms with Gasteiger partial charge in [-0.2, -0.15) is 0 Å². The van der Waals surface area contributed by atoms with Crippen LogP contribution in [0, 0.1) is 0 Å². The summed E-state index contributed by atoms with van der Waals surface area (Å²) in [6, 6.07) is 7.18. The van der Waals surface area contributed by atoms with Gasteiger partial charge < -0.3 is 10.5 Å². The third-order valence-electron chi connectivity index (χ3n) is 1.82. The Morgan fingerprint density at radius 3 is 2.38 bits per heavy atom. The Morgan fingerprint density at radius 1 is 1.31 bits per heavy atom. The van der Waals surface area contributed by atoms with Gasteiger partial charge in [0, 0.05) is 0 Å². The lowest BCUT2D eigenvalue weighted by molar-refractivity contribution is -0.306. The Kier molecular flexibility index (Phi) is 3.89. The highest BCUT2D eigenvalue weighted by Gasteiger charge is 2.35. The van der Waals surface area contributed by atoms with Gasteiger partial charge in [0.25, 0.3) is 0 Å². The van der Waals surface area contributed by atoms with Crippen molar-refractivity contribution in [2.75, 3.05) is 0 Å². The maximum absolute atomic E-state index is 11.7. The van der Waals surface area contributed by atoms with Crippen molar-refractivity contribution in [1.82, 2.24) is 0 Å². The molecule has 0 saturated heterocycles. The van der Waals surface area contributed by atoms with E-state index in [-0.39, 0.29) is 6.42 Å². The Balaban J connectivity index is 2.53. The second-order valence-electron chi connectivity index (χ2n) is 3.16. The number of hydrogen-bond acceptors (Lipinski definition) is 3. The van der Waals surface area contributed by atoms with Gasteiger partial charge in [0.2, 0.25) is 0 Å². The van der Waals surface area contributed by atoms with Crippen LogP contribution in [0.1, 0.15) is 5.56 Å². The lowest BCUT2D eigenvalue weighted by Gasteiger charge is -2.12. The van der Waals surface area contributed by atoms with Crippen LogP contribution in [-0.2, 0) is 16.0 Å². The molecule has 1 aromatic carbocycles. The fraction of sp³-hybridized carbons (Fsp3) is 0.300. The van der Waals surface area contributed by atoms with E-state index < -0.39 is 18.4 Å². The van der Waals surface area contributed by atoms with Crippen LogP contribution in [-0.4, -0.2) is 18.4 Å². The number of carbonyl (C=O) groups is 1. The smallest absolute Gasteiger partial charge is 0.372 e. The van der Waals surface area contributed by atoms with Gasteiger partial charge in [-0.1, -0.05) is 30.3 Å². The van der Waals surface area contributed by atoms with Crippen LogP contribution in [0.4, 0.5) is 13.2 Å². The second kappa shape index (κ2) is 4.98. The summed E-state index contributed by atoms with van der Waals surface area (Å²) in [6.07, 6.45) is -4.97. The molecule has 0 heterocycles. The Bertz CT molecular complexity index is 351. The van der Waals surface area contributed by atoms with Crippen molar-refractivity contribution < 1.29 is 22.7 Å². The van der Waals surface area contributed by atoms with E-state index in [1.54, 1.807) is 30.3 Å². The van der Waals surface area contributed by atoms with Gasteiger partial charge in [0.15, 0.2) is 0 Å². The fourth-order valence-corrected chi connectivity index (χ4v) is 1.14. The maximum Gasteiger partial charge on any atom is 0.575 e. The molecule has 6 heteroatoms. The van der Waals surface area contributed by atoms with Crippen molar-refractivity contribution in [2.45, 2.75) is 18.8 Å². The van der Waals surface area contributed by atoms with Crippen LogP contribution in [0.5, 0.6) is 0 Å². The Labute approximate surface area is 90.0 Å². The van der Waals surface area contributed by atoms with Crippen LogP contribution in [0.2, 0.25) is 0 Å². The van der Waals surface area contributed by atoms with Gasteiger partial charge in [-0.25, -0.2) is 0 Å². The summed E-state index contributed by atoms with van der Waals surface area (Å²) in [7, 11) is 0. The molecule has 0 aliphatic carbocycles. The molecule has 1 atom stereocenters. The van der Waals surface area contributed by atoms with Crippen LogP contribution in [0.3, 0.4) is 0 Å². The molecule has 0 radical (unpaired) electrons. The Morgan fingerprint density at radius 2 is 1.88 bits per heavy atom. The van der Waals surface area contributed by atoms with Gasteiger partial charge in [-0.05, 0) is 12.0 Å².